The van der Waals surface area contributed by atoms with Gasteiger partial charge in [0.25, 0.3) is 0 Å². The predicted molar refractivity (Wildman–Crippen MR) is 48.2 cm³/mol. The number of fused-ring (bicyclic) bond motifs is 1. The van der Waals surface area contributed by atoms with Gasteiger partial charge in [-0.25, -0.2) is 4.79 Å². The molecule has 13 heavy (non-hydrogen) atoms. The van der Waals surface area contributed by atoms with E-state index in [4.69, 9.17) is 5.11 Å². The van der Waals surface area contributed by atoms with Crippen LogP contribution in [-0.4, -0.2) is 21.2 Å². The third-order valence-corrected chi connectivity index (χ3v) is 2.63. The molecule has 0 aliphatic heterocycles. The van der Waals surface area contributed by atoms with Crippen LogP contribution in [0.15, 0.2) is 18.3 Å². The average Bonchev–Trinajstić information content (AvgIpc) is 2.45. The van der Waals surface area contributed by atoms with E-state index in [0.29, 0.717) is 10.9 Å². The lowest BCUT2D eigenvalue weighted by Gasteiger charge is -1.88. The zero-order valence-corrected chi connectivity index (χ0v) is 7.21. The number of rotatable bonds is 1. The summed E-state index contributed by atoms with van der Waals surface area (Å²) in [7, 11) is 0. The van der Waals surface area contributed by atoms with E-state index in [1.165, 1.54) is 6.20 Å². The van der Waals surface area contributed by atoms with Crippen LogP contribution < -0.4 is 0 Å². The van der Waals surface area contributed by atoms with Crippen LogP contribution >= 0.6 is 11.3 Å². The number of aromatic hydroxyl groups is 1. The highest BCUT2D eigenvalue weighted by Gasteiger charge is 2.15. The van der Waals surface area contributed by atoms with Crippen LogP contribution in [0.3, 0.4) is 0 Å². The topological polar surface area (TPSA) is 70.4 Å². The van der Waals surface area contributed by atoms with Crippen molar-refractivity contribution in [1.82, 2.24) is 4.98 Å². The smallest absolute Gasteiger partial charge is 0.346 e. The zero-order chi connectivity index (χ0) is 9.42. The second kappa shape index (κ2) is 2.70. The van der Waals surface area contributed by atoms with Crippen LogP contribution in [-0.2, 0) is 0 Å². The number of carbonyl (C=O) groups is 1. The third-order valence-electron chi connectivity index (χ3n) is 1.65. The molecule has 0 spiro atoms. The van der Waals surface area contributed by atoms with Gasteiger partial charge in [0, 0.05) is 11.6 Å². The van der Waals surface area contributed by atoms with Crippen LogP contribution in [0.4, 0.5) is 0 Å². The van der Waals surface area contributed by atoms with Crippen molar-refractivity contribution in [2.75, 3.05) is 0 Å². The van der Waals surface area contributed by atoms with Crippen molar-refractivity contribution in [3.05, 3.63) is 23.2 Å². The highest BCUT2D eigenvalue weighted by molar-refractivity contribution is 7.17. The summed E-state index contributed by atoms with van der Waals surface area (Å²) in [4.78, 5) is 14.7. The molecule has 4 nitrogen and oxygen atoms in total. The Bertz CT molecular complexity index is 477. The first-order chi connectivity index (χ1) is 6.20. The second-order valence-electron chi connectivity index (χ2n) is 2.44. The predicted octanol–water partition coefficient (Wildman–Crippen LogP) is 1.70. The number of thiophene rings is 1. The maximum absolute atomic E-state index is 10.7. The van der Waals surface area contributed by atoms with Crippen molar-refractivity contribution in [3.8, 4) is 5.06 Å². The Labute approximate surface area is 77.1 Å². The molecule has 2 heterocycles. The van der Waals surface area contributed by atoms with Gasteiger partial charge in [0.2, 0.25) is 0 Å². The number of nitrogens with zero attached hydrogens (tertiary/aromatic N) is 1. The van der Waals surface area contributed by atoms with Gasteiger partial charge in [-0.05, 0) is 12.1 Å². The van der Waals surface area contributed by atoms with Crippen molar-refractivity contribution in [2.45, 2.75) is 0 Å². The highest BCUT2D eigenvalue weighted by atomic mass is 32.1. The minimum atomic E-state index is -1.04. The van der Waals surface area contributed by atoms with Crippen molar-refractivity contribution in [1.29, 1.82) is 0 Å². The van der Waals surface area contributed by atoms with Gasteiger partial charge in [-0.3, -0.25) is 4.98 Å². The summed E-state index contributed by atoms with van der Waals surface area (Å²) >= 11 is 0.829. The van der Waals surface area contributed by atoms with Gasteiger partial charge < -0.3 is 10.2 Å². The number of aromatic nitrogens is 1. The van der Waals surface area contributed by atoms with E-state index >= 15 is 0 Å². The number of aromatic carboxylic acids is 1. The Morgan fingerprint density at radius 1 is 1.54 bits per heavy atom. The van der Waals surface area contributed by atoms with Gasteiger partial charge in [-0.2, -0.15) is 0 Å². The maximum Gasteiger partial charge on any atom is 0.346 e. The van der Waals surface area contributed by atoms with Crippen LogP contribution in [0.2, 0.25) is 0 Å². The normalized spacial score (nSPS) is 10.5. The largest absolute Gasteiger partial charge is 0.498 e. The molecule has 0 aromatic carbocycles. The van der Waals surface area contributed by atoms with E-state index < -0.39 is 5.97 Å². The average molecular weight is 195 g/mol. The van der Waals surface area contributed by atoms with Crippen LogP contribution in [0.25, 0.3) is 10.9 Å². The Kier molecular flexibility index (Phi) is 1.66. The Morgan fingerprint density at radius 2 is 2.31 bits per heavy atom. The number of hydrogen-bond acceptors (Lipinski definition) is 4. The summed E-state index contributed by atoms with van der Waals surface area (Å²) in [6.07, 6.45) is 1.51. The standard InChI is InChI=1S/C8H5NO3S/c10-7(11)6-4-2-1-3-9-5(4)8(12)13-6/h1-3,12H,(H,10,11). The van der Waals surface area contributed by atoms with E-state index in [1.54, 1.807) is 12.1 Å². The minimum absolute atomic E-state index is 0.0481. The SMILES string of the molecule is O=C(O)c1sc(O)c2ncccc12. The fraction of sp³-hybridized carbons (Fsp3) is 0. The fourth-order valence-corrected chi connectivity index (χ4v) is 1.93. The molecular formula is C8H5NO3S. The van der Waals surface area contributed by atoms with Crippen molar-refractivity contribution in [3.63, 3.8) is 0 Å². The Morgan fingerprint density at radius 3 is 3.00 bits per heavy atom. The molecular weight excluding hydrogens is 190 g/mol. The Balaban J connectivity index is 2.85. The van der Waals surface area contributed by atoms with Crippen LogP contribution in [0.5, 0.6) is 5.06 Å². The molecule has 2 N–H and O–H groups in total. The molecule has 0 radical (unpaired) electrons. The highest BCUT2D eigenvalue weighted by Crippen LogP contribution is 2.34. The molecule has 5 heteroatoms. The molecule has 0 saturated carbocycles. The number of carboxylic acids is 1. The van der Waals surface area contributed by atoms with Gasteiger partial charge in [-0.1, -0.05) is 11.3 Å². The summed E-state index contributed by atoms with van der Waals surface area (Å²) in [5.41, 5.74) is 0.352. The lowest BCUT2D eigenvalue weighted by Crippen LogP contribution is -1.91. The van der Waals surface area contributed by atoms with Gasteiger partial charge in [0.15, 0.2) is 5.06 Å². The van der Waals surface area contributed by atoms with Crippen molar-refractivity contribution in [2.24, 2.45) is 0 Å². The molecule has 66 valence electrons. The van der Waals surface area contributed by atoms with Gasteiger partial charge in [0.1, 0.15) is 10.4 Å². The van der Waals surface area contributed by atoms with Gasteiger partial charge in [0.05, 0.1) is 0 Å². The van der Waals surface area contributed by atoms with Crippen LogP contribution in [0.1, 0.15) is 9.67 Å². The first-order valence-corrected chi connectivity index (χ1v) is 4.31. The molecule has 0 aliphatic rings. The molecule has 2 rings (SSSR count). The first kappa shape index (κ1) is 8.00. The first-order valence-electron chi connectivity index (χ1n) is 3.50. The van der Waals surface area contributed by atoms with E-state index in [2.05, 4.69) is 4.98 Å². The van der Waals surface area contributed by atoms with E-state index in [9.17, 15) is 9.90 Å². The number of hydrogen-bond donors (Lipinski definition) is 2. The van der Waals surface area contributed by atoms with Crippen molar-refractivity contribution < 1.29 is 15.0 Å². The molecule has 0 unspecified atom stereocenters. The van der Waals surface area contributed by atoms with E-state index in [0.717, 1.165) is 11.3 Å². The number of carboxylic acid groups (broad SMARTS) is 1. The summed E-state index contributed by atoms with van der Waals surface area (Å²) in [6.45, 7) is 0. The monoisotopic (exact) mass is 195 g/mol. The molecule has 0 amide bonds. The molecule has 0 aliphatic carbocycles. The van der Waals surface area contributed by atoms with Crippen molar-refractivity contribution >= 4 is 28.2 Å². The summed E-state index contributed by atoms with van der Waals surface area (Å²) in [5, 5.41) is 18.5. The maximum atomic E-state index is 10.7. The quantitative estimate of drug-likeness (QED) is 0.726. The summed E-state index contributed by atoms with van der Waals surface area (Å²) in [6, 6.07) is 3.27. The molecule has 0 bridgehead atoms. The van der Waals surface area contributed by atoms with Crippen LogP contribution in [0, 0.1) is 0 Å². The fourth-order valence-electron chi connectivity index (χ4n) is 1.12. The summed E-state index contributed by atoms with van der Waals surface area (Å²) in [5.74, 6) is -1.04. The summed E-state index contributed by atoms with van der Waals surface area (Å²) < 4.78 is 0. The van der Waals surface area contributed by atoms with E-state index in [-0.39, 0.29) is 9.94 Å². The molecule has 0 atom stereocenters. The lowest BCUT2D eigenvalue weighted by atomic mass is 10.2. The van der Waals surface area contributed by atoms with Gasteiger partial charge in [-0.15, -0.1) is 0 Å². The zero-order valence-electron chi connectivity index (χ0n) is 6.39. The minimum Gasteiger partial charge on any atom is -0.498 e. The Hall–Kier alpha value is -1.62. The molecule has 0 saturated heterocycles. The molecule has 0 fully saturated rings. The molecule has 2 aromatic heterocycles. The third kappa shape index (κ3) is 1.13. The van der Waals surface area contributed by atoms with E-state index in [1.807, 2.05) is 0 Å². The second-order valence-corrected chi connectivity index (χ2v) is 3.44. The lowest BCUT2D eigenvalue weighted by molar-refractivity contribution is 0.0704. The van der Waals surface area contributed by atoms with Gasteiger partial charge >= 0.3 is 5.97 Å². The molecule has 2 aromatic rings. The number of pyridine rings is 1.